The summed E-state index contributed by atoms with van der Waals surface area (Å²) < 4.78 is 5.24. The molecule has 0 unspecified atom stereocenters. The fraction of sp³-hybridized carbons (Fsp3) is 0.450. The molecule has 0 aliphatic carbocycles. The van der Waals surface area contributed by atoms with Gasteiger partial charge in [-0.25, -0.2) is 9.97 Å². The van der Waals surface area contributed by atoms with Crippen LogP contribution in [0.15, 0.2) is 24.3 Å². The van der Waals surface area contributed by atoms with Gasteiger partial charge in [0, 0.05) is 24.4 Å². The minimum absolute atomic E-state index is 0. The number of nitrogens with zero attached hydrogens (tertiary/aromatic N) is 2. The van der Waals surface area contributed by atoms with Gasteiger partial charge in [0.1, 0.15) is 17.2 Å². The number of rotatable bonds is 4. The van der Waals surface area contributed by atoms with Crippen molar-refractivity contribution in [3.05, 3.63) is 46.8 Å². The molecule has 7 nitrogen and oxygen atoms in total. The van der Waals surface area contributed by atoms with Gasteiger partial charge >= 0.3 is 5.97 Å². The second-order valence-electron chi connectivity index (χ2n) is 7.25. The molecule has 0 aliphatic heterocycles. The van der Waals surface area contributed by atoms with E-state index in [1.807, 2.05) is 46.8 Å². The van der Waals surface area contributed by atoms with E-state index in [1.165, 1.54) is 0 Å². The maximum Gasteiger partial charge on any atom is 0.306 e. The first-order valence-corrected chi connectivity index (χ1v) is 8.87. The molecule has 2 aromatic rings. The molecule has 0 radical (unpaired) electrons. The zero-order valence-corrected chi connectivity index (χ0v) is 18.1. The minimum atomic E-state index is -0.425. The van der Waals surface area contributed by atoms with E-state index in [0.717, 1.165) is 22.5 Å². The van der Waals surface area contributed by atoms with E-state index in [-0.39, 0.29) is 18.4 Å². The molecule has 2 rings (SSSR count). The quantitative estimate of drug-likeness (QED) is 0.661. The third-order valence-corrected chi connectivity index (χ3v) is 3.67. The van der Waals surface area contributed by atoms with Crippen LogP contribution in [0.5, 0.6) is 0 Å². The van der Waals surface area contributed by atoms with Crippen molar-refractivity contribution in [1.82, 2.24) is 9.97 Å². The number of carbonyl (C=O) groups excluding carboxylic acids is 1. The van der Waals surface area contributed by atoms with Crippen LogP contribution in [-0.2, 0) is 22.5 Å². The van der Waals surface area contributed by atoms with E-state index in [1.54, 1.807) is 12.1 Å². The number of carbonyl (C=O) groups is 1. The van der Waals surface area contributed by atoms with Gasteiger partial charge in [0.15, 0.2) is 0 Å². The zero-order valence-electron chi connectivity index (χ0n) is 17.3. The molecule has 0 fully saturated rings. The summed E-state index contributed by atoms with van der Waals surface area (Å²) in [6.45, 7) is 9.90. The van der Waals surface area contributed by atoms with Crippen LogP contribution >= 0.6 is 12.4 Å². The summed E-state index contributed by atoms with van der Waals surface area (Å²) in [6.07, 6.45) is 0.998. The molecule has 8 heteroatoms. The number of ether oxygens (including phenoxy) is 1. The fourth-order valence-corrected chi connectivity index (χ4v) is 2.33. The number of anilines is 2. The molecule has 6 N–H and O–H groups in total. The Kier molecular flexibility index (Phi) is 10.5. The lowest BCUT2D eigenvalue weighted by Crippen LogP contribution is -2.24. The molecule has 0 aromatic carbocycles. The topological polar surface area (TPSA) is 130 Å². The second kappa shape index (κ2) is 11.5. The van der Waals surface area contributed by atoms with Crippen LogP contribution in [0.1, 0.15) is 49.7 Å². The number of pyridine rings is 2. The lowest BCUT2D eigenvalue weighted by atomic mass is 10.1. The first-order valence-electron chi connectivity index (χ1n) is 8.87. The van der Waals surface area contributed by atoms with Gasteiger partial charge < -0.3 is 21.9 Å². The van der Waals surface area contributed by atoms with Crippen molar-refractivity contribution in [2.75, 3.05) is 11.5 Å². The highest BCUT2D eigenvalue weighted by Crippen LogP contribution is 2.13. The van der Waals surface area contributed by atoms with Gasteiger partial charge in [-0.1, -0.05) is 12.1 Å². The molecule has 0 saturated heterocycles. The highest BCUT2D eigenvalue weighted by Gasteiger charge is 2.16. The van der Waals surface area contributed by atoms with Gasteiger partial charge in [0.25, 0.3) is 0 Å². The first-order chi connectivity index (χ1) is 12.5. The van der Waals surface area contributed by atoms with Gasteiger partial charge in [-0.05, 0) is 64.3 Å². The van der Waals surface area contributed by atoms with Gasteiger partial charge in [-0.2, -0.15) is 0 Å². The summed E-state index contributed by atoms with van der Waals surface area (Å²) in [5, 5.41) is 0. The molecule has 0 aliphatic rings. The van der Waals surface area contributed by atoms with Crippen LogP contribution in [0.25, 0.3) is 0 Å². The standard InChI is InChI=1S/C13H20N2O2.C7H11N3.ClH/c1-9-10(5-7-11(14)15-9)6-8-12(16)17-13(2,3)4;1-5-6(4-8)2-3-7(9)10-5;/h5,7H,6,8H2,1-4H3,(H2,14,15);2-3H,4,8H2,1H3,(H2,9,10);1H. The van der Waals surface area contributed by atoms with E-state index < -0.39 is 5.60 Å². The normalized spacial score (nSPS) is 10.4. The Morgan fingerprint density at radius 1 is 0.964 bits per heavy atom. The lowest BCUT2D eigenvalue weighted by molar-refractivity contribution is -0.154. The number of hydrogen-bond acceptors (Lipinski definition) is 7. The number of aromatic nitrogens is 2. The van der Waals surface area contributed by atoms with Crippen LogP contribution in [-0.4, -0.2) is 21.5 Å². The SMILES string of the molecule is Cc1nc(N)ccc1CCC(=O)OC(C)(C)C.Cc1nc(N)ccc1CN.Cl. The number of nitrogen functional groups attached to an aromatic ring is 2. The Morgan fingerprint density at radius 3 is 1.82 bits per heavy atom. The first kappa shape index (κ1) is 25.6. The molecule has 2 aromatic heterocycles. The van der Waals surface area contributed by atoms with Crippen molar-refractivity contribution in [3.63, 3.8) is 0 Å². The van der Waals surface area contributed by atoms with Crippen molar-refractivity contribution in [1.29, 1.82) is 0 Å². The Bertz CT molecular complexity index is 776. The Hall–Kier alpha value is -2.38. The van der Waals surface area contributed by atoms with E-state index in [0.29, 0.717) is 31.0 Å². The lowest BCUT2D eigenvalue weighted by Gasteiger charge is -2.19. The molecular weight excluding hydrogens is 378 g/mol. The Labute approximate surface area is 173 Å². The molecule has 2 heterocycles. The number of nitrogens with two attached hydrogens (primary N) is 3. The highest BCUT2D eigenvalue weighted by atomic mass is 35.5. The molecule has 0 spiro atoms. The highest BCUT2D eigenvalue weighted by molar-refractivity contribution is 5.85. The van der Waals surface area contributed by atoms with Gasteiger partial charge in [-0.3, -0.25) is 4.79 Å². The minimum Gasteiger partial charge on any atom is -0.460 e. The van der Waals surface area contributed by atoms with Crippen LogP contribution in [0, 0.1) is 13.8 Å². The predicted octanol–water partition coefficient (Wildman–Crippen LogP) is 3.10. The summed E-state index contributed by atoms with van der Waals surface area (Å²) >= 11 is 0. The molecular formula is C20H32ClN5O2. The molecule has 0 atom stereocenters. The summed E-state index contributed by atoms with van der Waals surface area (Å²) in [6, 6.07) is 7.31. The number of hydrogen-bond donors (Lipinski definition) is 3. The van der Waals surface area contributed by atoms with Crippen molar-refractivity contribution in [3.8, 4) is 0 Å². The summed E-state index contributed by atoms with van der Waals surface area (Å²) in [5.41, 5.74) is 19.9. The van der Waals surface area contributed by atoms with E-state index >= 15 is 0 Å². The number of halogens is 1. The second-order valence-corrected chi connectivity index (χ2v) is 7.25. The average molecular weight is 410 g/mol. The van der Waals surface area contributed by atoms with Crippen molar-refractivity contribution < 1.29 is 9.53 Å². The summed E-state index contributed by atoms with van der Waals surface area (Å²) in [7, 11) is 0. The zero-order chi connectivity index (χ0) is 20.6. The van der Waals surface area contributed by atoms with E-state index in [2.05, 4.69) is 9.97 Å². The summed E-state index contributed by atoms with van der Waals surface area (Å²) in [4.78, 5) is 19.7. The maximum atomic E-state index is 11.5. The number of esters is 1. The van der Waals surface area contributed by atoms with Crippen molar-refractivity contribution in [2.45, 2.75) is 59.6 Å². The average Bonchev–Trinajstić information content (AvgIpc) is 2.53. The fourth-order valence-electron chi connectivity index (χ4n) is 2.33. The molecule has 0 bridgehead atoms. The summed E-state index contributed by atoms with van der Waals surface area (Å²) in [5.74, 6) is 0.868. The van der Waals surface area contributed by atoms with Gasteiger partial charge in [-0.15, -0.1) is 12.4 Å². The van der Waals surface area contributed by atoms with E-state index in [4.69, 9.17) is 21.9 Å². The third kappa shape index (κ3) is 9.53. The Balaban J connectivity index is 0.000000567. The Morgan fingerprint density at radius 2 is 1.43 bits per heavy atom. The van der Waals surface area contributed by atoms with Crippen LogP contribution in [0.3, 0.4) is 0 Å². The molecule has 0 saturated carbocycles. The van der Waals surface area contributed by atoms with Crippen LogP contribution in [0.4, 0.5) is 11.6 Å². The maximum absolute atomic E-state index is 11.5. The smallest absolute Gasteiger partial charge is 0.306 e. The van der Waals surface area contributed by atoms with Crippen molar-refractivity contribution in [2.24, 2.45) is 5.73 Å². The molecule has 28 heavy (non-hydrogen) atoms. The van der Waals surface area contributed by atoms with Crippen LogP contribution < -0.4 is 17.2 Å². The predicted molar refractivity (Wildman–Crippen MR) is 116 cm³/mol. The van der Waals surface area contributed by atoms with Crippen LogP contribution in [0.2, 0.25) is 0 Å². The third-order valence-electron chi connectivity index (χ3n) is 3.67. The van der Waals surface area contributed by atoms with E-state index in [9.17, 15) is 4.79 Å². The largest absolute Gasteiger partial charge is 0.460 e. The molecule has 156 valence electrons. The monoisotopic (exact) mass is 409 g/mol. The van der Waals surface area contributed by atoms with Gasteiger partial charge in [0.2, 0.25) is 0 Å². The molecule has 0 amide bonds. The van der Waals surface area contributed by atoms with Gasteiger partial charge in [0.05, 0.1) is 0 Å². The number of aryl methyl sites for hydroxylation is 3. The van der Waals surface area contributed by atoms with Crippen molar-refractivity contribution >= 4 is 30.0 Å².